The molecule has 74 valence electrons. The summed E-state index contributed by atoms with van der Waals surface area (Å²) in [6, 6.07) is 12.3. The lowest BCUT2D eigenvalue weighted by Crippen LogP contribution is -2.12. The Morgan fingerprint density at radius 1 is 1.20 bits per heavy atom. The zero-order valence-corrected chi connectivity index (χ0v) is 8.51. The van der Waals surface area contributed by atoms with Crippen LogP contribution in [0.5, 0.6) is 0 Å². The predicted octanol–water partition coefficient (Wildman–Crippen LogP) is 2.00. The van der Waals surface area contributed by atoms with Crippen LogP contribution in [0.25, 0.3) is 0 Å². The number of benzene rings is 1. The Bertz CT molecular complexity index is 523. The Kier molecular flexibility index (Phi) is 1.71. The average Bonchev–Trinajstić information content (AvgIpc) is 2.77. The summed E-state index contributed by atoms with van der Waals surface area (Å²) >= 11 is 0. The second kappa shape index (κ2) is 3.05. The standard InChI is InChI=1S/C12H11N3/c1-9-7-11-8-13-12(15(11)14-9)10-5-3-2-4-6-10/h2-7H,8H2,1H3. The number of aryl methyl sites for hydroxylation is 1. The van der Waals surface area contributed by atoms with Gasteiger partial charge < -0.3 is 0 Å². The fourth-order valence-corrected chi connectivity index (χ4v) is 1.87. The molecule has 2 heterocycles. The average molecular weight is 197 g/mol. The Morgan fingerprint density at radius 2 is 2.00 bits per heavy atom. The summed E-state index contributed by atoms with van der Waals surface area (Å²) in [6.45, 7) is 2.75. The first-order valence-electron chi connectivity index (χ1n) is 5.00. The zero-order chi connectivity index (χ0) is 10.3. The van der Waals surface area contributed by atoms with Crippen molar-refractivity contribution in [2.45, 2.75) is 13.5 Å². The monoisotopic (exact) mass is 197 g/mol. The summed E-state index contributed by atoms with van der Waals surface area (Å²) in [7, 11) is 0. The van der Waals surface area contributed by atoms with Gasteiger partial charge in [0.15, 0.2) is 5.84 Å². The summed E-state index contributed by atoms with van der Waals surface area (Å²) in [5, 5.41) is 4.43. The van der Waals surface area contributed by atoms with Gasteiger partial charge >= 0.3 is 0 Å². The first kappa shape index (κ1) is 8.41. The van der Waals surface area contributed by atoms with E-state index in [2.05, 4.69) is 28.3 Å². The van der Waals surface area contributed by atoms with E-state index in [9.17, 15) is 0 Å². The number of aromatic nitrogens is 2. The third kappa shape index (κ3) is 1.28. The fraction of sp³-hybridized carbons (Fsp3) is 0.167. The molecule has 0 unspecified atom stereocenters. The molecular weight excluding hydrogens is 186 g/mol. The van der Waals surface area contributed by atoms with Gasteiger partial charge in [-0.1, -0.05) is 30.3 Å². The Hall–Kier alpha value is -1.90. The summed E-state index contributed by atoms with van der Waals surface area (Å²) in [4.78, 5) is 4.49. The third-order valence-electron chi connectivity index (χ3n) is 2.53. The van der Waals surface area contributed by atoms with E-state index in [-0.39, 0.29) is 0 Å². The van der Waals surface area contributed by atoms with Gasteiger partial charge in [-0.05, 0) is 13.0 Å². The van der Waals surface area contributed by atoms with Gasteiger partial charge in [0.25, 0.3) is 0 Å². The molecule has 3 rings (SSSR count). The lowest BCUT2D eigenvalue weighted by Gasteiger charge is -2.02. The summed E-state index contributed by atoms with van der Waals surface area (Å²) in [5.74, 6) is 0.957. The largest absolute Gasteiger partial charge is 0.260 e. The SMILES string of the molecule is Cc1cc2n(n1)C(c1ccccc1)=NC2. The maximum absolute atomic E-state index is 4.49. The van der Waals surface area contributed by atoms with Crippen molar-refractivity contribution in [3.05, 3.63) is 53.3 Å². The molecule has 3 heteroatoms. The molecule has 0 saturated heterocycles. The first-order valence-corrected chi connectivity index (χ1v) is 5.00. The molecule has 0 atom stereocenters. The minimum Gasteiger partial charge on any atom is -0.260 e. The van der Waals surface area contributed by atoms with Gasteiger partial charge in [-0.25, -0.2) is 4.68 Å². The molecule has 0 bridgehead atoms. The van der Waals surface area contributed by atoms with Crippen LogP contribution in [0.3, 0.4) is 0 Å². The van der Waals surface area contributed by atoms with Gasteiger partial charge in [0.1, 0.15) is 0 Å². The van der Waals surface area contributed by atoms with Crippen molar-refractivity contribution in [1.29, 1.82) is 0 Å². The van der Waals surface area contributed by atoms with Crippen LogP contribution < -0.4 is 0 Å². The number of aliphatic imine (C=N–C) groups is 1. The van der Waals surface area contributed by atoms with Crippen LogP contribution in [0.4, 0.5) is 0 Å². The van der Waals surface area contributed by atoms with Crippen LogP contribution in [-0.4, -0.2) is 15.6 Å². The van der Waals surface area contributed by atoms with E-state index in [1.54, 1.807) is 0 Å². The normalized spacial score (nSPS) is 13.8. The predicted molar refractivity (Wildman–Crippen MR) is 59.0 cm³/mol. The highest BCUT2D eigenvalue weighted by Gasteiger charge is 2.17. The molecule has 0 fully saturated rings. The van der Waals surface area contributed by atoms with Gasteiger partial charge in [0.2, 0.25) is 0 Å². The van der Waals surface area contributed by atoms with Crippen molar-refractivity contribution < 1.29 is 0 Å². The van der Waals surface area contributed by atoms with E-state index >= 15 is 0 Å². The minimum absolute atomic E-state index is 0.741. The molecule has 3 nitrogen and oxygen atoms in total. The van der Waals surface area contributed by atoms with Crippen molar-refractivity contribution in [3.63, 3.8) is 0 Å². The highest BCUT2D eigenvalue weighted by Crippen LogP contribution is 2.16. The van der Waals surface area contributed by atoms with Gasteiger partial charge in [-0.3, -0.25) is 4.99 Å². The first-order chi connectivity index (χ1) is 7.34. The van der Waals surface area contributed by atoms with Crippen LogP contribution in [-0.2, 0) is 6.54 Å². The van der Waals surface area contributed by atoms with E-state index in [0.29, 0.717) is 0 Å². The molecule has 0 amide bonds. The molecule has 1 aromatic heterocycles. The number of fused-ring (bicyclic) bond motifs is 1. The summed E-state index contributed by atoms with van der Waals surface area (Å²) < 4.78 is 1.94. The molecule has 15 heavy (non-hydrogen) atoms. The second-order valence-electron chi connectivity index (χ2n) is 3.69. The highest BCUT2D eigenvalue weighted by molar-refractivity contribution is 6.01. The van der Waals surface area contributed by atoms with E-state index in [1.807, 2.05) is 29.8 Å². The maximum Gasteiger partial charge on any atom is 0.156 e. The lowest BCUT2D eigenvalue weighted by atomic mass is 10.2. The van der Waals surface area contributed by atoms with Crippen molar-refractivity contribution in [1.82, 2.24) is 9.78 Å². The highest BCUT2D eigenvalue weighted by atomic mass is 15.3. The summed E-state index contributed by atoms with van der Waals surface area (Å²) in [5.41, 5.74) is 3.35. The van der Waals surface area contributed by atoms with Crippen LogP contribution in [0.15, 0.2) is 41.4 Å². The van der Waals surface area contributed by atoms with Gasteiger partial charge in [0, 0.05) is 5.56 Å². The van der Waals surface area contributed by atoms with E-state index in [1.165, 1.54) is 5.69 Å². The number of hydrogen-bond donors (Lipinski definition) is 0. The van der Waals surface area contributed by atoms with Gasteiger partial charge in [-0.2, -0.15) is 5.10 Å². The van der Waals surface area contributed by atoms with Gasteiger partial charge in [-0.15, -0.1) is 0 Å². The second-order valence-corrected chi connectivity index (χ2v) is 3.69. The Balaban J connectivity index is 2.10. The van der Waals surface area contributed by atoms with E-state index in [0.717, 1.165) is 23.6 Å². The Morgan fingerprint density at radius 3 is 2.80 bits per heavy atom. The molecular formula is C12H11N3. The molecule has 1 aliphatic rings. The van der Waals surface area contributed by atoms with Crippen LogP contribution in [0, 0.1) is 6.92 Å². The van der Waals surface area contributed by atoms with Gasteiger partial charge in [0.05, 0.1) is 17.9 Å². The third-order valence-corrected chi connectivity index (χ3v) is 2.53. The lowest BCUT2D eigenvalue weighted by molar-refractivity contribution is 0.894. The molecule has 0 N–H and O–H groups in total. The molecule has 0 spiro atoms. The summed E-state index contributed by atoms with van der Waals surface area (Å²) in [6.07, 6.45) is 0. The smallest absolute Gasteiger partial charge is 0.156 e. The van der Waals surface area contributed by atoms with Crippen LogP contribution in [0.1, 0.15) is 17.0 Å². The number of nitrogens with zero attached hydrogens (tertiary/aromatic N) is 3. The molecule has 1 aliphatic heterocycles. The number of hydrogen-bond acceptors (Lipinski definition) is 2. The molecule has 1 aromatic carbocycles. The number of rotatable bonds is 1. The van der Waals surface area contributed by atoms with E-state index < -0.39 is 0 Å². The zero-order valence-electron chi connectivity index (χ0n) is 8.51. The Labute approximate surface area is 88.1 Å². The topological polar surface area (TPSA) is 30.2 Å². The molecule has 2 aromatic rings. The van der Waals surface area contributed by atoms with Crippen molar-refractivity contribution in [2.24, 2.45) is 4.99 Å². The fourth-order valence-electron chi connectivity index (χ4n) is 1.87. The minimum atomic E-state index is 0.741. The quantitative estimate of drug-likeness (QED) is 0.687. The van der Waals surface area contributed by atoms with Crippen molar-refractivity contribution in [3.8, 4) is 0 Å². The maximum atomic E-state index is 4.49. The van der Waals surface area contributed by atoms with Crippen molar-refractivity contribution in [2.75, 3.05) is 0 Å². The molecule has 0 radical (unpaired) electrons. The molecule has 0 aliphatic carbocycles. The molecule has 0 saturated carbocycles. The van der Waals surface area contributed by atoms with Crippen LogP contribution in [0.2, 0.25) is 0 Å². The van der Waals surface area contributed by atoms with Crippen LogP contribution >= 0.6 is 0 Å². The van der Waals surface area contributed by atoms with Crippen molar-refractivity contribution >= 4 is 5.84 Å². The van der Waals surface area contributed by atoms with E-state index in [4.69, 9.17) is 0 Å².